The molecular weight excluding hydrogens is 235 g/mol. The molecule has 0 radical (unpaired) electrons. The van der Waals surface area contributed by atoms with Gasteiger partial charge in [0.1, 0.15) is 4.64 Å². The highest BCUT2D eigenvalue weighted by atomic mass is 127. The predicted octanol–water partition coefficient (Wildman–Crippen LogP) is 1.74. The predicted molar refractivity (Wildman–Crippen MR) is 42.1 cm³/mol. The number of hydrogen-bond acceptors (Lipinski definition) is 2. The van der Waals surface area contributed by atoms with Crippen LogP contribution in [0.4, 0.5) is 0 Å². The van der Waals surface area contributed by atoms with E-state index in [1.54, 1.807) is 6.20 Å². The van der Waals surface area contributed by atoms with Crippen molar-refractivity contribution in [1.29, 1.82) is 0 Å². The van der Waals surface area contributed by atoms with Gasteiger partial charge >= 0.3 is 0 Å². The Labute approximate surface area is 65.5 Å². The summed E-state index contributed by atoms with van der Waals surface area (Å²) in [4.78, 5) is 0. The van der Waals surface area contributed by atoms with Crippen LogP contribution in [0, 0.1) is 8.21 Å². The topological polar surface area (TPSA) is 28.7 Å². The van der Waals surface area contributed by atoms with Crippen LogP contribution in [0.1, 0.15) is 0 Å². The fraction of sp³-hybridized carbons (Fsp3) is 0. The molecule has 0 spiro atoms. The Morgan fingerprint density at radius 1 is 1.75 bits per heavy atom. The number of nitrogens with zero attached hydrogens (tertiary/aromatic N) is 1. The molecule has 1 rings (SSSR count). The average Bonchev–Trinajstić information content (AvgIpc) is 1.64. The molecule has 0 unspecified atom stereocenters. The standard InChI is InChI=1S/C4H3IN2S/c5-3-1-4(8)7-6-2-3/h1-2H,(H,7,8). The first-order chi connectivity index (χ1) is 3.79. The SMILES string of the molecule is S=c1cc(I)cn[nH]1. The van der Waals surface area contributed by atoms with Crippen LogP contribution in [0.25, 0.3) is 0 Å². The zero-order valence-corrected chi connectivity index (χ0v) is 6.86. The van der Waals surface area contributed by atoms with E-state index in [1.807, 2.05) is 6.07 Å². The monoisotopic (exact) mass is 238 g/mol. The smallest absolute Gasteiger partial charge is 0.120 e. The Morgan fingerprint density at radius 2 is 2.50 bits per heavy atom. The summed E-state index contributed by atoms with van der Waals surface area (Å²) in [6, 6.07) is 1.85. The molecule has 42 valence electrons. The average molecular weight is 238 g/mol. The minimum Gasteiger partial charge on any atom is -0.268 e. The van der Waals surface area contributed by atoms with E-state index in [1.165, 1.54) is 0 Å². The number of aromatic amines is 1. The molecule has 1 heterocycles. The highest BCUT2D eigenvalue weighted by Crippen LogP contribution is 1.98. The van der Waals surface area contributed by atoms with Gasteiger partial charge in [-0.3, -0.25) is 5.10 Å². The van der Waals surface area contributed by atoms with Gasteiger partial charge in [-0.05, 0) is 28.7 Å². The number of hydrogen-bond donors (Lipinski definition) is 1. The molecule has 0 saturated heterocycles. The zero-order chi connectivity index (χ0) is 5.98. The summed E-state index contributed by atoms with van der Waals surface area (Å²) in [6.45, 7) is 0. The molecule has 1 aromatic heterocycles. The summed E-state index contributed by atoms with van der Waals surface area (Å²) in [5.41, 5.74) is 0. The Balaban J connectivity index is 3.28. The molecule has 4 heteroatoms. The van der Waals surface area contributed by atoms with Gasteiger partial charge in [0.25, 0.3) is 0 Å². The lowest BCUT2D eigenvalue weighted by atomic mass is 10.6. The van der Waals surface area contributed by atoms with Gasteiger partial charge in [-0.15, -0.1) is 0 Å². The van der Waals surface area contributed by atoms with Crippen molar-refractivity contribution in [3.63, 3.8) is 0 Å². The number of nitrogens with one attached hydrogen (secondary N) is 1. The van der Waals surface area contributed by atoms with E-state index < -0.39 is 0 Å². The van der Waals surface area contributed by atoms with Crippen LogP contribution in [0.3, 0.4) is 0 Å². The summed E-state index contributed by atoms with van der Waals surface area (Å²) < 4.78 is 1.74. The minimum atomic E-state index is 0.678. The molecule has 0 aliphatic rings. The van der Waals surface area contributed by atoms with E-state index in [9.17, 15) is 0 Å². The van der Waals surface area contributed by atoms with Crippen molar-refractivity contribution < 1.29 is 0 Å². The molecule has 0 aliphatic heterocycles. The second kappa shape index (κ2) is 2.54. The zero-order valence-electron chi connectivity index (χ0n) is 3.89. The molecule has 0 fully saturated rings. The third-order valence-corrected chi connectivity index (χ3v) is 1.43. The van der Waals surface area contributed by atoms with Crippen molar-refractivity contribution in [2.45, 2.75) is 0 Å². The fourth-order valence-electron chi connectivity index (χ4n) is 0.352. The maximum Gasteiger partial charge on any atom is 0.120 e. The van der Waals surface area contributed by atoms with Gasteiger partial charge < -0.3 is 0 Å². The van der Waals surface area contributed by atoms with Crippen LogP contribution < -0.4 is 0 Å². The Kier molecular flexibility index (Phi) is 1.95. The number of aromatic nitrogens is 2. The lowest BCUT2D eigenvalue weighted by Crippen LogP contribution is -1.79. The van der Waals surface area contributed by atoms with Gasteiger partial charge in [0.05, 0.1) is 6.20 Å². The molecule has 0 aromatic carbocycles. The fourth-order valence-corrected chi connectivity index (χ4v) is 1.19. The van der Waals surface area contributed by atoms with E-state index in [4.69, 9.17) is 12.2 Å². The van der Waals surface area contributed by atoms with Crippen LogP contribution in [0.15, 0.2) is 12.3 Å². The van der Waals surface area contributed by atoms with E-state index in [0.29, 0.717) is 4.64 Å². The Morgan fingerprint density at radius 3 is 2.88 bits per heavy atom. The largest absolute Gasteiger partial charge is 0.268 e. The van der Waals surface area contributed by atoms with Crippen molar-refractivity contribution in [3.8, 4) is 0 Å². The molecule has 0 amide bonds. The molecule has 1 N–H and O–H groups in total. The van der Waals surface area contributed by atoms with Gasteiger partial charge in [-0.25, -0.2) is 0 Å². The molecule has 0 bridgehead atoms. The van der Waals surface area contributed by atoms with Gasteiger partial charge in [0.2, 0.25) is 0 Å². The lowest BCUT2D eigenvalue weighted by Gasteiger charge is -1.83. The van der Waals surface area contributed by atoms with Crippen LogP contribution in [-0.4, -0.2) is 10.2 Å². The maximum atomic E-state index is 4.78. The van der Waals surface area contributed by atoms with Crippen LogP contribution in [0.5, 0.6) is 0 Å². The van der Waals surface area contributed by atoms with Gasteiger partial charge in [-0.2, -0.15) is 5.10 Å². The number of halogens is 1. The third kappa shape index (κ3) is 1.52. The van der Waals surface area contributed by atoms with Crippen molar-refractivity contribution in [2.24, 2.45) is 0 Å². The first kappa shape index (κ1) is 6.15. The summed E-state index contributed by atoms with van der Waals surface area (Å²) in [7, 11) is 0. The van der Waals surface area contributed by atoms with Gasteiger partial charge in [0, 0.05) is 3.57 Å². The van der Waals surface area contributed by atoms with Crippen molar-refractivity contribution in [2.75, 3.05) is 0 Å². The second-order valence-corrected chi connectivity index (χ2v) is 2.95. The number of rotatable bonds is 0. The molecule has 0 aliphatic carbocycles. The lowest BCUT2D eigenvalue weighted by molar-refractivity contribution is 1.01. The third-order valence-electron chi connectivity index (χ3n) is 0.632. The van der Waals surface area contributed by atoms with E-state index in [-0.39, 0.29) is 0 Å². The van der Waals surface area contributed by atoms with E-state index in [0.717, 1.165) is 3.57 Å². The first-order valence-corrected chi connectivity index (χ1v) is 3.48. The molecule has 0 atom stereocenters. The highest BCUT2D eigenvalue weighted by Gasteiger charge is 1.80. The van der Waals surface area contributed by atoms with Crippen LogP contribution in [0.2, 0.25) is 0 Å². The van der Waals surface area contributed by atoms with Crippen molar-refractivity contribution >= 4 is 34.8 Å². The maximum absolute atomic E-state index is 4.78. The Bertz CT molecular complexity index is 231. The van der Waals surface area contributed by atoms with Crippen molar-refractivity contribution in [1.82, 2.24) is 10.2 Å². The van der Waals surface area contributed by atoms with Crippen LogP contribution in [-0.2, 0) is 0 Å². The normalized spacial score (nSPS) is 9.12. The molecule has 2 nitrogen and oxygen atoms in total. The van der Waals surface area contributed by atoms with E-state index in [2.05, 4.69) is 32.8 Å². The van der Waals surface area contributed by atoms with Gasteiger partial charge in [0.15, 0.2) is 0 Å². The van der Waals surface area contributed by atoms with E-state index >= 15 is 0 Å². The summed E-state index contributed by atoms with van der Waals surface area (Å²) >= 11 is 6.93. The minimum absolute atomic E-state index is 0.678. The first-order valence-electron chi connectivity index (χ1n) is 1.99. The van der Waals surface area contributed by atoms with Crippen LogP contribution >= 0.6 is 34.8 Å². The molecular formula is C4H3IN2S. The quantitative estimate of drug-likeness (QED) is 0.551. The van der Waals surface area contributed by atoms with Crippen molar-refractivity contribution in [3.05, 3.63) is 20.5 Å². The Hall–Kier alpha value is 0.0300. The highest BCUT2D eigenvalue weighted by molar-refractivity contribution is 14.1. The summed E-state index contributed by atoms with van der Waals surface area (Å²) in [5, 5.41) is 6.38. The van der Waals surface area contributed by atoms with Gasteiger partial charge in [-0.1, -0.05) is 12.2 Å². The summed E-state index contributed by atoms with van der Waals surface area (Å²) in [6.07, 6.45) is 1.72. The molecule has 8 heavy (non-hydrogen) atoms. The molecule has 0 saturated carbocycles. The second-order valence-electron chi connectivity index (χ2n) is 1.26. The molecule has 1 aromatic rings. The summed E-state index contributed by atoms with van der Waals surface area (Å²) in [5.74, 6) is 0. The number of H-pyrrole nitrogens is 1.